The standard InChI is InChI=1S/C25H30N4O2/c1-18(20-8-4-3-5-9-20)17-26-24(30)19(2)28-12-14-29(15-13-28)25(31)23-16-21-10-6-7-11-22(21)27-23/h3-11,16,18-19,27H,12-15,17H2,1-2H3,(H,26,30). The van der Waals surface area contributed by atoms with Gasteiger partial charge in [0.2, 0.25) is 5.91 Å². The molecule has 0 spiro atoms. The number of nitrogens with one attached hydrogen (secondary N) is 2. The fraction of sp³-hybridized carbons (Fsp3) is 0.360. The summed E-state index contributed by atoms with van der Waals surface area (Å²) in [5, 5.41) is 4.13. The molecule has 31 heavy (non-hydrogen) atoms. The minimum absolute atomic E-state index is 0.0182. The molecule has 2 unspecified atom stereocenters. The Labute approximate surface area is 183 Å². The zero-order chi connectivity index (χ0) is 21.8. The molecule has 1 aliphatic rings. The predicted molar refractivity (Wildman–Crippen MR) is 123 cm³/mol. The SMILES string of the molecule is CC(CNC(=O)C(C)N1CCN(C(=O)c2cc3ccccc3[nH]2)CC1)c1ccccc1. The number of piperazine rings is 1. The van der Waals surface area contributed by atoms with E-state index in [1.807, 2.05) is 60.4 Å². The van der Waals surface area contributed by atoms with E-state index in [1.165, 1.54) is 5.56 Å². The van der Waals surface area contributed by atoms with Crippen LogP contribution in [-0.2, 0) is 4.79 Å². The number of carbonyl (C=O) groups excluding carboxylic acids is 2. The number of hydrogen-bond donors (Lipinski definition) is 2. The van der Waals surface area contributed by atoms with E-state index in [-0.39, 0.29) is 23.8 Å². The summed E-state index contributed by atoms with van der Waals surface area (Å²) in [4.78, 5) is 32.8. The Morgan fingerprint density at radius 3 is 2.35 bits per heavy atom. The minimum Gasteiger partial charge on any atom is -0.354 e. The number of H-pyrrole nitrogens is 1. The van der Waals surface area contributed by atoms with E-state index in [4.69, 9.17) is 0 Å². The van der Waals surface area contributed by atoms with Crippen LogP contribution in [0.4, 0.5) is 0 Å². The number of hydrogen-bond acceptors (Lipinski definition) is 3. The first-order valence-electron chi connectivity index (χ1n) is 11.0. The van der Waals surface area contributed by atoms with Gasteiger partial charge in [0.25, 0.3) is 5.91 Å². The summed E-state index contributed by atoms with van der Waals surface area (Å²) in [5.41, 5.74) is 2.81. The Bertz CT molecular complexity index is 1000. The molecule has 2 heterocycles. The molecule has 2 N–H and O–H groups in total. The first kappa shape index (κ1) is 21.1. The molecule has 1 aliphatic heterocycles. The second-order valence-corrected chi connectivity index (χ2v) is 8.33. The molecule has 0 radical (unpaired) electrons. The van der Waals surface area contributed by atoms with E-state index in [0.717, 1.165) is 10.9 Å². The van der Waals surface area contributed by atoms with Crippen LogP contribution in [0.2, 0.25) is 0 Å². The quantitative estimate of drug-likeness (QED) is 0.646. The molecule has 1 saturated heterocycles. The van der Waals surface area contributed by atoms with E-state index in [0.29, 0.717) is 38.4 Å². The van der Waals surface area contributed by atoms with E-state index in [9.17, 15) is 9.59 Å². The average Bonchev–Trinajstić information content (AvgIpc) is 3.26. The van der Waals surface area contributed by atoms with Crippen LogP contribution >= 0.6 is 0 Å². The van der Waals surface area contributed by atoms with Gasteiger partial charge in [-0.1, -0.05) is 55.5 Å². The second kappa shape index (κ2) is 9.35. The normalized spacial score (nSPS) is 16.8. The molecular weight excluding hydrogens is 388 g/mol. The number of amides is 2. The summed E-state index contributed by atoms with van der Waals surface area (Å²) in [5.74, 6) is 0.325. The molecule has 0 saturated carbocycles. The third-order valence-corrected chi connectivity index (χ3v) is 6.24. The van der Waals surface area contributed by atoms with Crippen LogP contribution in [0.3, 0.4) is 0 Å². The molecule has 2 amide bonds. The topological polar surface area (TPSA) is 68.4 Å². The largest absolute Gasteiger partial charge is 0.354 e. The van der Waals surface area contributed by atoms with Crippen LogP contribution in [0.5, 0.6) is 0 Å². The van der Waals surface area contributed by atoms with Gasteiger partial charge in [0, 0.05) is 43.6 Å². The highest BCUT2D eigenvalue weighted by Gasteiger charge is 2.28. The van der Waals surface area contributed by atoms with Crippen molar-refractivity contribution >= 4 is 22.7 Å². The van der Waals surface area contributed by atoms with Crippen molar-refractivity contribution in [1.29, 1.82) is 0 Å². The maximum atomic E-state index is 12.9. The number of carbonyl (C=O) groups is 2. The zero-order valence-corrected chi connectivity index (χ0v) is 18.2. The van der Waals surface area contributed by atoms with E-state index in [2.05, 4.69) is 34.3 Å². The zero-order valence-electron chi connectivity index (χ0n) is 18.2. The molecule has 0 aliphatic carbocycles. The Hall–Kier alpha value is -3.12. The van der Waals surface area contributed by atoms with Crippen LogP contribution in [0, 0.1) is 0 Å². The van der Waals surface area contributed by atoms with Crippen LogP contribution < -0.4 is 5.32 Å². The van der Waals surface area contributed by atoms with E-state index >= 15 is 0 Å². The van der Waals surface area contributed by atoms with Gasteiger partial charge < -0.3 is 15.2 Å². The lowest BCUT2D eigenvalue weighted by atomic mass is 10.0. The number of nitrogens with zero attached hydrogens (tertiary/aromatic N) is 2. The highest BCUT2D eigenvalue weighted by Crippen LogP contribution is 2.18. The molecule has 0 bridgehead atoms. The minimum atomic E-state index is -0.215. The molecule has 4 rings (SSSR count). The highest BCUT2D eigenvalue weighted by atomic mass is 16.2. The van der Waals surface area contributed by atoms with Gasteiger partial charge in [0.05, 0.1) is 6.04 Å². The number of aromatic nitrogens is 1. The van der Waals surface area contributed by atoms with Gasteiger partial charge in [-0.25, -0.2) is 0 Å². The smallest absolute Gasteiger partial charge is 0.270 e. The van der Waals surface area contributed by atoms with E-state index in [1.54, 1.807) is 0 Å². The summed E-state index contributed by atoms with van der Waals surface area (Å²) >= 11 is 0. The number of rotatable bonds is 6. The number of aromatic amines is 1. The van der Waals surface area contributed by atoms with Crippen LogP contribution in [-0.4, -0.2) is 65.4 Å². The molecule has 6 heteroatoms. The van der Waals surface area contributed by atoms with Crippen molar-refractivity contribution in [3.05, 3.63) is 71.9 Å². The van der Waals surface area contributed by atoms with E-state index < -0.39 is 0 Å². The lowest BCUT2D eigenvalue weighted by Gasteiger charge is -2.37. The summed E-state index contributed by atoms with van der Waals surface area (Å²) < 4.78 is 0. The maximum absolute atomic E-state index is 12.9. The lowest BCUT2D eigenvalue weighted by molar-refractivity contribution is -0.126. The molecule has 6 nitrogen and oxygen atoms in total. The average molecular weight is 419 g/mol. The van der Waals surface area contributed by atoms with Crippen molar-refractivity contribution in [2.75, 3.05) is 32.7 Å². The van der Waals surface area contributed by atoms with Gasteiger partial charge in [0.15, 0.2) is 0 Å². The van der Waals surface area contributed by atoms with Crippen molar-refractivity contribution < 1.29 is 9.59 Å². The van der Waals surface area contributed by atoms with Crippen molar-refractivity contribution in [2.24, 2.45) is 0 Å². The molecular formula is C25H30N4O2. The lowest BCUT2D eigenvalue weighted by Crippen LogP contribution is -2.55. The Morgan fingerprint density at radius 2 is 1.65 bits per heavy atom. The maximum Gasteiger partial charge on any atom is 0.270 e. The van der Waals surface area contributed by atoms with Crippen molar-refractivity contribution in [2.45, 2.75) is 25.8 Å². The number of para-hydroxylation sites is 1. The summed E-state index contributed by atoms with van der Waals surface area (Å²) in [7, 11) is 0. The Kier molecular flexibility index (Phi) is 6.37. The van der Waals surface area contributed by atoms with Gasteiger partial charge in [-0.15, -0.1) is 0 Å². The molecule has 2 atom stereocenters. The van der Waals surface area contributed by atoms with Crippen LogP contribution in [0.1, 0.15) is 35.8 Å². The van der Waals surface area contributed by atoms with Gasteiger partial charge >= 0.3 is 0 Å². The van der Waals surface area contributed by atoms with Gasteiger partial charge in [-0.05, 0) is 30.5 Å². The monoisotopic (exact) mass is 418 g/mol. The highest BCUT2D eigenvalue weighted by molar-refractivity contribution is 5.98. The Balaban J connectivity index is 1.27. The van der Waals surface area contributed by atoms with Crippen molar-refractivity contribution in [3.63, 3.8) is 0 Å². The van der Waals surface area contributed by atoms with Gasteiger partial charge in [-0.2, -0.15) is 0 Å². The summed E-state index contributed by atoms with van der Waals surface area (Å²) in [6, 6.07) is 19.8. The fourth-order valence-electron chi connectivity index (χ4n) is 4.14. The second-order valence-electron chi connectivity index (χ2n) is 8.33. The third-order valence-electron chi connectivity index (χ3n) is 6.24. The summed E-state index contributed by atoms with van der Waals surface area (Å²) in [6.07, 6.45) is 0. The first-order chi connectivity index (χ1) is 15.0. The van der Waals surface area contributed by atoms with Crippen molar-refractivity contribution in [3.8, 4) is 0 Å². The fourth-order valence-corrected chi connectivity index (χ4v) is 4.14. The first-order valence-corrected chi connectivity index (χ1v) is 11.0. The number of benzene rings is 2. The van der Waals surface area contributed by atoms with Gasteiger partial charge in [-0.3, -0.25) is 14.5 Å². The molecule has 2 aromatic carbocycles. The van der Waals surface area contributed by atoms with Crippen LogP contribution in [0.15, 0.2) is 60.7 Å². The van der Waals surface area contributed by atoms with Gasteiger partial charge in [0.1, 0.15) is 5.69 Å². The molecule has 1 aromatic heterocycles. The van der Waals surface area contributed by atoms with Crippen molar-refractivity contribution in [1.82, 2.24) is 20.1 Å². The summed E-state index contributed by atoms with van der Waals surface area (Å²) in [6.45, 7) is 7.29. The third kappa shape index (κ3) is 4.80. The predicted octanol–water partition coefficient (Wildman–Crippen LogP) is 3.23. The molecule has 3 aromatic rings. The molecule has 162 valence electrons. The van der Waals surface area contributed by atoms with Crippen LogP contribution in [0.25, 0.3) is 10.9 Å². The molecule has 1 fully saturated rings. The number of fused-ring (bicyclic) bond motifs is 1. The Morgan fingerprint density at radius 1 is 0.968 bits per heavy atom.